The Morgan fingerprint density at radius 3 is 2.46 bits per heavy atom. The lowest BCUT2D eigenvalue weighted by Gasteiger charge is -2.30. The molecule has 0 spiro atoms. The van der Waals surface area contributed by atoms with Gasteiger partial charge in [0.2, 0.25) is 0 Å². The molecule has 0 aliphatic carbocycles. The van der Waals surface area contributed by atoms with E-state index in [1.165, 1.54) is 23.9 Å². The molecule has 148 valence electrons. The van der Waals surface area contributed by atoms with E-state index < -0.39 is 28.7 Å². The van der Waals surface area contributed by atoms with Gasteiger partial charge in [0.1, 0.15) is 17.3 Å². The second kappa shape index (κ2) is 7.92. The zero-order valence-corrected chi connectivity index (χ0v) is 15.7. The summed E-state index contributed by atoms with van der Waals surface area (Å²) in [5, 5.41) is 2.33. The van der Waals surface area contributed by atoms with Crippen molar-refractivity contribution in [2.75, 3.05) is 18.4 Å². The van der Waals surface area contributed by atoms with Crippen LogP contribution in [0.25, 0.3) is 0 Å². The zero-order valence-electron chi connectivity index (χ0n) is 15.7. The van der Waals surface area contributed by atoms with Crippen LogP contribution in [0.4, 0.5) is 14.5 Å². The van der Waals surface area contributed by atoms with Crippen molar-refractivity contribution in [2.45, 2.75) is 19.8 Å². The van der Waals surface area contributed by atoms with Gasteiger partial charge in [-0.1, -0.05) is 6.92 Å². The maximum absolute atomic E-state index is 13.8. The van der Waals surface area contributed by atoms with E-state index in [0.29, 0.717) is 25.1 Å². The molecular weight excluding hydrogens is 368 g/mol. The Balaban J connectivity index is 1.86. The highest BCUT2D eigenvalue weighted by molar-refractivity contribution is 6.05. The van der Waals surface area contributed by atoms with E-state index in [1.807, 2.05) is 0 Å². The molecule has 1 aromatic heterocycles. The van der Waals surface area contributed by atoms with Gasteiger partial charge in [-0.2, -0.15) is 0 Å². The summed E-state index contributed by atoms with van der Waals surface area (Å²) in [6, 6.07) is 3.83. The fourth-order valence-electron chi connectivity index (χ4n) is 3.18. The van der Waals surface area contributed by atoms with Gasteiger partial charge in [0.15, 0.2) is 0 Å². The topological polar surface area (TPSA) is 71.4 Å². The number of pyridine rings is 1. The lowest BCUT2D eigenvalue weighted by atomic mass is 9.99. The molecule has 1 saturated heterocycles. The highest BCUT2D eigenvalue weighted by Crippen LogP contribution is 2.19. The van der Waals surface area contributed by atoms with Crippen molar-refractivity contribution in [1.29, 1.82) is 0 Å². The molecule has 0 unspecified atom stereocenters. The zero-order chi connectivity index (χ0) is 20.4. The number of carbonyl (C=O) groups excluding carboxylic acids is 2. The minimum Gasteiger partial charge on any atom is -0.339 e. The lowest BCUT2D eigenvalue weighted by molar-refractivity contribution is 0.0696. The Kier molecular flexibility index (Phi) is 5.58. The van der Waals surface area contributed by atoms with Crippen molar-refractivity contribution in [3.05, 3.63) is 63.6 Å². The maximum Gasteiger partial charge on any atom is 0.274 e. The van der Waals surface area contributed by atoms with Gasteiger partial charge >= 0.3 is 0 Å². The predicted molar refractivity (Wildman–Crippen MR) is 100 cm³/mol. The number of amides is 2. The van der Waals surface area contributed by atoms with Gasteiger partial charge in [0.05, 0.1) is 11.1 Å². The van der Waals surface area contributed by atoms with E-state index >= 15 is 0 Å². The van der Waals surface area contributed by atoms with Gasteiger partial charge in [-0.05, 0) is 37.0 Å². The fraction of sp³-hybridized carbons (Fsp3) is 0.350. The Morgan fingerprint density at radius 1 is 1.14 bits per heavy atom. The van der Waals surface area contributed by atoms with Gasteiger partial charge in [0.25, 0.3) is 17.4 Å². The highest BCUT2D eigenvalue weighted by atomic mass is 19.1. The maximum atomic E-state index is 13.8. The van der Waals surface area contributed by atoms with Gasteiger partial charge in [-0.25, -0.2) is 8.78 Å². The molecule has 1 aliphatic rings. The van der Waals surface area contributed by atoms with Gasteiger partial charge in [-0.15, -0.1) is 0 Å². The fourth-order valence-corrected chi connectivity index (χ4v) is 3.18. The molecule has 3 rings (SSSR count). The molecule has 1 aliphatic heterocycles. The van der Waals surface area contributed by atoms with Crippen molar-refractivity contribution < 1.29 is 18.4 Å². The molecule has 0 atom stereocenters. The average Bonchev–Trinajstić information content (AvgIpc) is 2.65. The third-order valence-electron chi connectivity index (χ3n) is 4.93. The SMILES string of the molecule is CC1CCN(C(=O)c2cc(NC(=O)c3ccc(F)cc3F)c(=O)n(C)c2)CC1. The van der Waals surface area contributed by atoms with Crippen molar-refractivity contribution in [1.82, 2.24) is 9.47 Å². The van der Waals surface area contributed by atoms with Gasteiger partial charge in [-0.3, -0.25) is 14.4 Å². The Labute approximate surface area is 160 Å². The van der Waals surface area contributed by atoms with Gasteiger partial charge in [0, 0.05) is 32.4 Å². The predicted octanol–water partition coefficient (Wildman–Crippen LogP) is 2.79. The van der Waals surface area contributed by atoms with Crippen LogP contribution >= 0.6 is 0 Å². The van der Waals surface area contributed by atoms with E-state index in [0.717, 1.165) is 25.0 Å². The number of hydrogen-bond acceptors (Lipinski definition) is 3. The molecule has 1 N–H and O–H groups in total. The van der Waals surface area contributed by atoms with E-state index in [2.05, 4.69) is 12.2 Å². The minimum absolute atomic E-state index is 0.146. The number of anilines is 1. The molecule has 1 aromatic carbocycles. The molecule has 28 heavy (non-hydrogen) atoms. The number of likely N-dealkylation sites (tertiary alicyclic amines) is 1. The number of aryl methyl sites for hydroxylation is 1. The first-order chi connectivity index (χ1) is 13.3. The Hall–Kier alpha value is -3.03. The molecule has 2 amide bonds. The first kappa shape index (κ1) is 19.7. The van der Waals surface area contributed by atoms with Crippen molar-refractivity contribution >= 4 is 17.5 Å². The smallest absolute Gasteiger partial charge is 0.274 e. The number of piperidine rings is 1. The number of nitrogens with one attached hydrogen (secondary N) is 1. The Bertz CT molecular complexity index is 979. The van der Waals surface area contributed by atoms with E-state index in [4.69, 9.17) is 0 Å². The second-order valence-corrected chi connectivity index (χ2v) is 7.11. The second-order valence-electron chi connectivity index (χ2n) is 7.11. The molecule has 6 nitrogen and oxygen atoms in total. The van der Waals surface area contributed by atoms with E-state index in [-0.39, 0.29) is 17.2 Å². The first-order valence-electron chi connectivity index (χ1n) is 9.02. The summed E-state index contributed by atoms with van der Waals surface area (Å²) in [4.78, 5) is 39.1. The number of nitrogens with zero attached hydrogens (tertiary/aromatic N) is 2. The third kappa shape index (κ3) is 4.11. The summed E-state index contributed by atoms with van der Waals surface area (Å²) in [5.74, 6) is -2.42. The highest BCUT2D eigenvalue weighted by Gasteiger charge is 2.23. The average molecular weight is 389 g/mol. The van der Waals surface area contributed by atoms with Crippen molar-refractivity contribution in [3.8, 4) is 0 Å². The van der Waals surface area contributed by atoms with Crippen molar-refractivity contribution in [3.63, 3.8) is 0 Å². The summed E-state index contributed by atoms with van der Waals surface area (Å²) in [6.45, 7) is 3.40. The van der Waals surface area contributed by atoms with Crippen LogP contribution in [0.1, 0.15) is 40.5 Å². The Morgan fingerprint density at radius 2 is 1.82 bits per heavy atom. The summed E-state index contributed by atoms with van der Waals surface area (Å²) in [7, 11) is 1.46. The number of aromatic nitrogens is 1. The number of carbonyl (C=O) groups is 2. The molecule has 8 heteroatoms. The normalized spacial score (nSPS) is 14.8. The quantitative estimate of drug-likeness (QED) is 0.878. The number of benzene rings is 1. The number of halogens is 2. The standard InChI is InChI=1S/C20H21F2N3O3/c1-12-5-7-25(8-6-12)19(27)13-9-17(20(28)24(2)11-13)23-18(26)15-4-3-14(21)10-16(15)22/h3-4,9-12H,5-8H2,1-2H3,(H,23,26). The summed E-state index contributed by atoms with van der Waals surface area (Å²) in [6.07, 6.45) is 3.23. The van der Waals surface area contributed by atoms with Crippen molar-refractivity contribution in [2.24, 2.45) is 13.0 Å². The molecule has 2 aromatic rings. The van der Waals surface area contributed by atoms with Crippen LogP contribution < -0.4 is 10.9 Å². The molecule has 0 radical (unpaired) electrons. The largest absolute Gasteiger partial charge is 0.339 e. The molecule has 2 heterocycles. The summed E-state index contributed by atoms with van der Waals surface area (Å²) >= 11 is 0. The van der Waals surface area contributed by atoms with Crippen LogP contribution in [-0.2, 0) is 7.05 Å². The van der Waals surface area contributed by atoms with Crippen LogP contribution in [0.3, 0.4) is 0 Å². The third-order valence-corrected chi connectivity index (χ3v) is 4.93. The van der Waals surface area contributed by atoms with Crippen LogP contribution in [0.2, 0.25) is 0 Å². The van der Waals surface area contributed by atoms with Gasteiger partial charge < -0.3 is 14.8 Å². The monoisotopic (exact) mass is 389 g/mol. The van der Waals surface area contributed by atoms with E-state index in [9.17, 15) is 23.2 Å². The number of hydrogen-bond donors (Lipinski definition) is 1. The van der Waals surface area contributed by atoms with E-state index in [1.54, 1.807) is 4.90 Å². The molecular formula is C20H21F2N3O3. The number of rotatable bonds is 3. The van der Waals surface area contributed by atoms with Crippen LogP contribution in [0.5, 0.6) is 0 Å². The molecule has 0 bridgehead atoms. The van der Waals surface area contributed by atoms with Crippen LogP contribution in [-0.4, -0.2) is 34.4 Å². The lowest BCUT2D eigenvalue weighted by Crippen LogP contribution is -2.38. The van der Waals surface area contributed by atoms with Crippen LogP contribution in [0, 0.1) is 17.6 Å². The molecule has 1 fully saturated rings. The summed E-state index contributed by atoms with van der Waals surface area (Å²) < 4.78 is 28.0. The van der Waals surface area contributed by atoms with Crippen LogP contribution in [0.15, 0.2) is 35.3 Å². The molecule has 0 saturated carbocycles. The minimum atomic E-state index is -1.04. The first-order valence-corrected chi connectivity index (χ1v) is 9.02. The summed E-state index contributed by atoms with van der Waals surface area (Å²) in [5.41, 5.74) is -0.830.